The SMILES string of the molecule is N#Cc1cccc(CN2CCCC2CCCO)c1. The molecule has 18 heavy (non-hydrogen) atoms. The minimum absolute atomic E-state index is 0.286. The molecule has 1 aliphatic heterocycles. The Morgan fingerprint density at radius 3 is 3.11 bits per heavy atom. The molecule has 96 valence electrons. The van der Waals surface area contributed by atoms with E-state index in [9.17, 15) is 0 Å². The Labute approximate surface area is 109 Å². The van der Waals surface area contributed by atoms with Crippen molar-refractivity contribution in [3.63, 3.8) is 0 Å². The molecule has 1 atom stereocenters. The van der Waals surface area contributed by atoms with Gasteiger partial charge in [0.15, 0.2) is 0 Å². The van der Waals surface area contributed by atoms with Crippen molar-refractivity contribution in [3.8, 4) is 6.07 Å². The van der Waals surface area contributed by atoms with E-state index in [0.717, 1.165) is 31.5 Å². The van der Waals surface area contributed by atoms with Gasteiger partial charge < -0.3 is 5.11 Å². The topological polar surface area (TPSA) is 47.3 Å². The maximum atomic E-state index is 8.92. The van der Waals surface area contributed by atoms with Gasteiger partial charge in [0, 0.05) is 19.2 Å². The summed E-state index contributed by atoms with van der Waals surface area (Å²) in [5.74, 6) is 0. The lowest BCUT2D eigenvalue weighted by Gasteiger charge is -2.24. The van der Waals surface area contributed by atoms with Crippen LogP contribution in [-0.4, -0.2) is 29.2 Å². The maximum absolute atomic E-state index is 8.92. The lowest BCUT2D eigenvalue weighted by atomic mass is 10.1. The van der Waals surface area contributed by atoms with E-state index in [1.165, 1.54) is 18.4 Å². The predicted octanol–water partition coefficient (Wildman–Crippen LogP) is 2.30. The second-order valence-corrected chi connectivity index (χ2v) is 4.94. The fourth-order valence-corrected chi connectivity index (χ4v) is 2.73. The van der Waals surface area contributed by atoms with Gasteiger partial charge in [-0.15, -0.1) is 0 Å². The smallest absolute Gasteiger partial charge is 0.0991 e. The normalized spacial score (nSPS) is 19.9. The van der Waals surface area contributed by atoms with Gasteiger partial charge in [-0.1, -0.05) is 12.1 Å². The Morgan fingerprint density at radius 2 is 2.33 bits per heavy atom. The van der Waals surface area contributed by atoms with Crippen LogP contribution >= 0.6 is 0 Å². The molecule has 1 fully saturated rings. The molecule has 0 radical (unpaired) electrons. The number of benzene rings is 1. The maximum Gasteiger partial charge on any atom is 0.0991 e. The van der Waals surface area contributed by atoms with Crippen LogP contribution in [0.3, 0.4) is 0 Å². The molecule has 1 heterocycles. The van der Waals surface area contributed by atoms with Gasteiger partial charge >= 0.3 is 0 Å². The van der Waals surface area contributed by atoms with Crippen molar-refractivity contribution < 1.29 is 5.11 Å². The Balaban J connectivity index is 1.97. The molecule has 0 bridgehead atoms. The zero-order valence-electron chi connectivity index (χ0n) is 10.7. The zero-order valence-corrected chi connectivity index (χ0v) is 10.7. The molecule has 3 heteroatoms. The van der Waals surface area contributed by atoms with Gasteiger partial charge in [0.1, 0.15) is 0 Å². The lowest BCUT2D eigenvalue weighted by molar-refractivity contribution is 0.210. The summed E-state index contributed by atoms with van der Waals surface area (Å²) in [6.07, 6.45) is 4.44. The zero-order chi connectivity index (χ0) is 12.8. The van der Waals surface area contributed by atoms with Gasteiger partial charge in [-0.25, -0.2) is 0 Å². The van der Waals surface area contributed by atoms with Crippen LogP contribution in [0.25, 0.3) is 0 Å². The quantitative estimate of drug-likeness (QED) is 0.864. The van der Waals surface area contributed by atoms with E-state index in [2.05, 4.69) is 17.0 Å². The van der Waals surface area contributed by atoms with Crippen LogP contribution in [0.15, 0.2) is 24.3 Å². The van der Waals surface area contributed by atoms with Gasteiger partial charge in [-0.3, -0.25) is 4.90 Å². The fraction of sp³-hybridized carbons (Fsp3) is 0.533. The van der Waals surface area contributed by atoms with E-state index < -0.39 is 0 Å². The lowest BCUT2D eigenvalue weighted by Crippen LogP contribution is -2.29. The number of nitriles is 1. The van der Waals surface area contributed by atoms with Gasteiger partial charge in [-0.05, 0) is 49.9 Å². The number of hydrogen-bond donors (Lipinski definition) is 1. The monoisotopic (exact) mass is 244 g/mol. The predicted molar refractivity (Wildman–Crippen MR) is 70.9 cm³/mol. The van der Waals surface area contributed by atoms with Crippen LogP contribution < -0.4 is 0 Å². The van der Waals surface area contributed by atoms with E-state index in [0.29, 0.717) is 6.04 Å². The first kappa shape index (κ1) is 13.1. The van der Waals surface area contributed by atoms with Gasteiger partial charge in [0.05, 0.1) is 11.6 Å². The van der Waals surface area contributed by atoms with Crippen LogP contribution in [0.2, 0.25) is 0 Å². The molecule has 0 aliphatic carbocycles. The molecule has 1 N–H and O–H groups in total. The summed E-state index contributed by atoms with van der Waals surface area (Å²) < 4.78 is 0. The Hall–Kier alpha value is -1.37. The molecule has 1 unspecified atom stereocenters. The molecule has 1 aliphatic rings. The van der Waals surface area contributed by atoms with E-state index in [1.54, 1.807) is 0 Å². The summed E-state index contributed by atoms with van der Waals surface area (Å²) in [6.45, 7) is 2.34. The summed E-state index contributed by atoms with van der Waals surface area (Å²) in [4.78, 5) is 2.48. The largest absolute Gasteiger partial charge is 0.396 e. The van der Waals surface area contributed by atoms with Gasteiger partial charge in [0.25, 0.3) is 0 Å². The molecule has 3 nitrogen and oxygen atoms in total. The highest BCUT2D eigenvalue weighted by Crippen LogP contribution is 2.23. The van der Waals surface area contributed by atoms with E-state index in [-0.39, 0.29) is 6.61 Å². The van der Waals surface area contributed by atoms with Crippen molar-refractivity contribution in [1.82, 2.24) is 4.90 Å². The van der Waals surface area contributed by atoms with Crippen molar-refractivity contribution in [1.29, 1.82) is 5.26 Å². The average molecular weight is 244 g/mol. The number of aliphatic hydroxyl groups is 1. The number of likely N-dealkylation sites (tertiary alicyclic amines) is 1. The number of nitrogens with zero attached hydrogens (tertiary/aromatic N) is 2. The standard InChI is InChI=1S/C15H20N2O/c16-11-13-4-1-5-14(10-13)12-17-8-2-6-15(17)7-3-9-18/h1,4-5,10,15,18H,2-3,6-9,12H2. The van der Waals surface area contributed by atoms with Crippen molar-refractivity contribution in [3.05, 3.63) is 35.4 Å². The van der Waals surface area contributed by atoms with Crippen LogP contribution in [0.1, 0.15) is 36.8 Å². The molecule has 0 saturated carbocycles. The van der Waals surface area contributed by atoms with Crippen molar-refractivity contribution in [2.45, 2.75) is 38.3 Å². The number of hydrogen-bond acceptors (Lipinski definition) is 3. The molecule has 1 saturated heterocycles. The summed E-state index contributed by atoms with van der Waals surface area (Å²) in [7, 11) is 0. The first-order chi connectivity index (χ1) is 8.83. The Bertz CT molecular complexity index is 425. The van der Waals surface area contributed by atoms with E-state index in [4.69, 9.17) is 10.4 Å². The second-order valence-electron chi connectivity index (χ2n) is 4.94. The molecule has 2 rings (SSSR count). The Morgan fingerprint density at radius 1 is 1.44 bits per heavy atom. The first-order valence-corrected chi connectivity index (χ1v) is 6.67. The molecule has 0 amide bonds. The van der Waals surface area contributed by atoms with Crippen molar-refractivity contribution in [2.24, 2.45) is 0 Å². The minimum Gasteiger partial charge on any atom is -0.396 e. The molecule has 0 spiro atoms. The minimum atomic E-state index is 0.286. The van der Waals surface area contributed by atoms with Gasteiger partial charge in [-0.2, -0.15) is 5.26 Å². The number of aliphatic hydroxyl groups excluding tert-OH is 1. The van der Waals surface area contributed by atoms with Crippen molar-refractivity contribution in [2.75, 3.05) is 13.2 Å². The molecule has 1 aromatic carbocycles. The van der Waals surface area contributed by atoms with Gasteiger partial charge in [0.2, 0.25) is 0 Å². The number of rotatable bonds is 5. The van der Waals surface area contributed by atoms with Crippen LogP contribution in [0, 0.1) is 11.3 Å². The van der Waals surface area contributed by atoms with Crippen LogP contribution in [-0.2, 0) is 6.54 Å². The molecular weight excluding hydrogens is 224 g/mol. The van der Waals surface area contributed by atoms with Crippen molar-refractivity contribution >= 4 is 0 Å². The highest BCUT2D eigenvalue weighted by molar-refractivity contribution is 5.32. The summed E-state index contributed by atoms with van der Waals surface area (Å²) in [6, 6.07) is 10.6. The molecule has 0 aromatic heterocycles. The van der Waals surface area contributed by atoms with Crippen LogP contribution in [0.4, 0.5) is 0 Å². The summed E-state index contributed by atoms with van der Waals surface area (Å²) >= 11 is 0. The third-order valence-corrected chi connectivity index (χ3v) is 3.64. The third kappa shape index (κ3) is 3.32. The third-order valence-electron chi connectivity index (χ3n) is 3.64. The molecular formula is C15H20N2O. The summed E-state index contributed by atoms with van der Waals surface area (Å²) in [5.41, 5.74) is 1.95. The first-order valence-electron chi connectivity index (χ1n) is 6.67. The van der Waals surface area contributed by atoms with Crippen LogP contribution in [0.5, 0.6) is 0 Å². The average Bonchev–Trinajstić information content (AvgIpc) is 2.84. The Kier molecular flexibility index (Phi) is 4.74. The fourth-order valence-electron chi connectivity index (χ4n) is 2.73. The highest BCUT2D eigenvalue weighted by atomic mass is 16.2. The molecule has 1 aromatic rings. The van der Waals surface area contributed by atoms with E-state index in [1.807, 2.05) is 18.2 Å². The summed E-state index contributed by atoms with van der Waals surface area (Å²) in [5, 5.41) is 17.8. The highest BCUT2D eigenvalue weighted by Gasteiger charge is 2.23. The second kappa shape index (κ2) is 6.53. The van der Waals surface area contributed by atoms with E-state index >= 15 is 0 Å².